The van der Waals surface area contributed by atoms with Gasteiger partial charge in [-0.05, 0) is 38.7 Å². The molecular formula is C17H22N2S. The number of rotatable bonds is 4. The highest BCUT2D eigenvalue weighted by Gasteiger charge is 2.34. The lowest BCUT2D eigenvalue weighted by atomic mass is 10.0. The van der Waals surface area contributed by atoms with Crippen molar-refractivity contribution in [1.82, 2.24) is 4.98 Å². The first kappa shape index (κ1) is 13.8. The van der Waals surface area contributed by atoms with Gasteiger partial charge in [0.05, 0.1) is 5.69 Å². The zero-order valence-electron chi connectivity index (χ0n) is 12.4. The van der Waals surface area contributed by atoms with E-state index in [1.165, 1.54) is 34.5 Å². The van der Waals surface area contributed by atoms with E-state index in [0.717, 1.165) is 11.4 Å². The van der Waals surface area contributed by atoms with Gasteiger partial charge in [-0.3, -0.25) is 0 Å². The third-order valence-corrected chi connectivity index (χ3v) is 5.27. The minimum atomic E-state index is -0.294. The van der Waals surface area contributed by atoms with Crippen molar-refractivity contribution in [3.63, 3.8) is 0 Å². The maximum absolute atomic E-state index is 6.33. The predicted molar refractivity (Wildman–Crippen MR) is 86.1 cm³/mol. The highest BCUT2D eigenvalue weighted by molar-refractivity contribution is 7.15. The van der Waals surface area contributed by atoms with Gasteiger partial charge >= 0.3 is 0 Å². The lowest BCUT2D eigenvalue weighted by molar-refractivity contribution is 0.559. The van der Waals surface area contributed by atoms with Crippen LogP contribution in [0.5, 0.6) is 0 Å². The molecule has 1 fully saturated rings. The summed E-state index contributed by atoms with van der Waals surface area (Å²) in [7, 11) is 0. The van der Waals surface area contributed by atoms with E-state index in [1.807, 2.05) is 0 Å². The third-order valence-electron chi connectivity index (χ3n) is 3.81. The molecule has 2 aromatic rings. The van der Waals surface area contributed by atoms with E-state index in [1.54, 1.807) is 11.3 Å². The van der Waals surface area contributed by atoms with Gasteiger partial charge in [0.15, 0.2) is 0 Å². The summed E-state index contributed by atoms with van der Waals surface area (Å²) in [5.41, 5.74) is 9.86. The quantitative estimate of drug-likeness (QED) is 0.902. The van der Waals surface area contributed by atoms with Crippen LogP contribution in [0.25, 0.3) is 10.6 Å². The minimum absolute atomic E-state index is 0.294. The lowest BCUT2D eigenvalue weighted by Crippen LogP contribution is -2.28. The fourth-order valence-electron chi connectivity index (χ4n) is 2.43. The Balaban J connectivity index is 2.01. The molecule has 2 nitrogen and oxygen atoms in total. The van der Waals surface area contributed by atoms with Gasteiger partial charge in [0.2, 0.25) is 0 Å². The molecule has 106 valence electrons. The van der Waals surface area contributed by atoms with Crippen molar-refractivity contribution in [3.05, 3.63) is 40.4 Å². The van der Waals surface area contributed by atoms with Crippen molar-refractivity contribution < 1.29 is 0 Å². The molecule has 0 aliphatic heterocycles. The number of nitrogens with zero attached hydrogens (tertiary/aromatic N) is 1. The molecule has 3 heteroatoms. The summed E-state index contributed by atoms with van der Waals surface area (Å²) in [6, 6.07) is 8.75. The van der Waals surface area contributed by atoms with E-state index in [9.17, 15) is 0 Å². The molecule has 1 saturated carbocycles. The van der Waals surface area contributed by atoms with Crippen molar-refractivity contribution >= 4 is 11.3 Å². The third kappa shape index (κ3) is 2.65. The van der Waals surface area contributed by atoms with Crippen LogP contribution in [-0.4, -0.2) is 4.98 Å². The standard InChI is InChI=1S/C17H22N2S/c1-4-11-5-7-13(8-6-11)16-19-14(12-9-10-12)15(20-16)17(2,3)18/h5-8,12H,4,9-10,18H2,1-3H3. The van der Waals surface area contributed by atoms with Gasteiger partial charge in [0, 0.05) is 21.9 Å². The van der Waals surface area contributed by atoms with Crippen LogP contribution in [0.4, 0.5) is 0 Å². The van der Waals surface area contributed by atoms with Crippen LogP contribution >= 0.6 is 11.3 Å². The number of nitrogens with two attached hydrogens (primary N) is 1. The molecule has 2 N–H and O–H groups in total. The van der Waals surface area contributed by atoms with E-state index in [0.29, 0.717) is 5.92 Å². The van der Waals surface area contributed by atoms with Gasteiger partial charge < -0.3 is 5.73 Å². The van der Waals surface area contributed by atoms with Crippen LogP contribution < -0.4 is 5.73 Å². The van der Waals surface area contributed by atoms with E-state index < -0.39 is 0 Å². The normalized spacial score (nSPS) is 15.6. The molecule has 20 heavy (non-hydrogen) atoms. The van der Waals surface area contributed by atoms with Crippen LogP contribution in [0.1, 0.15) is 55.7 Å². The number of thiazole rings is 1. The topological polar surface area (TPSA) is 38.9 Å². The van der Waals surface area contributed by atoms with Gasteiger partial charge in [-0.2, -0.15) is 0 Å². The molecule has 0 unspecified atom stereocenters. The largest absolute Gasteiger partial charge is 0.321 e. The first-order chi connectivity index (χ1) is 9.49. The molecular weight excluding hydrogens is 264 g/mol. The minimum Gasteiger partial charge on any atom is -0.321 e. The van der Waals surface area contributed by atoms with Crippen molar-refractivity contribution in [2.24, 2.45) is 5.73 Å². The molecule has 0 atom stereocenters. The summed E-state index contributed by atoms with van der Waals surface area (Å²) in [4.78, 5) is 6.16. The van der Waals surface area contributed by atoms with Crippen LogP contribution in [0, 0.1) is 0 Å². The fraction of sp³-hybridized carbons (Fsp3) is 0.471. The Kier molecular flexibility index (Phi) is 3.43. The van der Waals surface area contributed by atoms with Gasteiger partial charge in [-0.15, -0.1) is 11.3 Å². The van der Waals surface area contributed by atoms with Crippen molar-refractivity contribution in [2.75, 3.05) is 0 Å². The second kappa shape index (κ2) is 4.97. The van der Waals surface area contributed by atoms with Gasteiger partial charge in [-0.1, -0.05) is 31.2 Å². The summed E-state index contributed by atoms with van der Waals surface area (Å²) in [6.07, 6.45) is 3.61. The highest BCUT2D eigenvalue weighted by Crippen LogP contribution is 2.46. The van der Waals surface area contributed by atoms with E-state index in [4.69, 9.17) is 10.7 Å². The predicted octanol–water partition coefficient (Wildman–Crippen LogP) is 4.44. The zero-order chi connectivity index (χ0) is 14.3. The summed E-state index contributed by atoms with van der Waals surface area (Å²) in [5.74, 6) is 0.646. The van der Waals surface area contributed by atoms with E-state index >= 15 is 0 Å². The molecule has 1 aromatic heterocycles. The summed E-state index contributed by atoms with van der Waals surface area (Å²) >= 11 is 1.77. The molecule has 1 aliphatic rings. The molecule has 0 radical (unpaired) electrons. The lowest BCUT2D eigenvalue weighted by Gasteiger charge is -2.17. The number of hydrogen-bond donors (Lipinski definition) is 1. The highest BCUT2D eigenvalue weighted by atomic mass is 32.1. The molecule has 3 rings (SSSR count). The monoisotopic (exact) mass is 286 g/mol. The first-order valence-corrected chi connectivity index (χ1v) is 8.20. The molecule has 0 saturated heterocycles. The Morgan fingerprint density at radius 2 is 1.90 bits per heavy atom. The summed E-state index contributed by atoms with van der Waals surface area (Å²) in [6.45, 7) is 6.34. The van der Waals surface area contributed by atoms with Crippen LogP contribution in [0.3, 0.4) is 0 Å². The Hall–Kier alpha value is -1.19. The average Bonchev–Trinajstić information content (AvgIpc) is 3.16. The summed E-state index contributed by atoms with van der Waals surface area (Å²) < 4.78 is 0. The number of benzene rings is 1. The van der Waals surface area contributed by atoms with Gasteiger partial charge in [0.1, 0.15) is 5.01 Å². The molecule has 1 aromatic carbocycles. The first-order valence-electron chi connectivity index (χ1n) is 7.38. The van der Waals surface area contributed by atoms with Crippen LogP contribution in [-0.2, 0) is 12.0 Å². The van der Waals surface area contributed by atoms with Crippen molar-refractivity contribution in [1.29, 1.82) is 0 Å². The maximum atomic E-state index is 6.33. The number of hydrogen-bond acceptors (Lipinski definition) is 3. The summed E-state index contributed by atoms with van der Waals surface area (Å²) in [5, 5.41) is 1.11. The molecule has 1 aliphatic carbocycles. The molecule has 0 bridgehead atoms. The SMILES string of the molecule is CCc1ccc(-c2nc(C3CC3)c(C(C)(C)N)s2)cc1. The molecule has 0 amide bonds. The van der Waals surface area contributed by atoms with Gasteiger partial charge in [-0.25, -0.2) is 4.98 Å². The zero-order valence-corrected chi connectivity index (χ0v) is 13.3. The molecule has 0 spiro atoms. The van der Waals surface area contributed by atoms with Crippen LogP contribution in [0.2, 0.25) is 0 Å². The Morgan fingerprint density at radius 1 is 1.25 bits per heavy atom. The van der Waals surface area contributed by atoms with Crippen molar-refractivity contribution in [3.8, 4) is 10.6 Å². The maximum Gasteiger partial charge on any atom is 0.123 e. The Labute approximate surface area is 125 Å². The Bertz CT molecular complexity index is 601. The second-order valence-electron chi connectivity index (χ2n) is 6.28. The second-order valence-corrected chi connectivity index (χ2v) is 7.28. The van der Waals surface area contributed by atoms with Gasteiger partial charge in [0.25, 0.3) is 0 Å². The Morgan fingerprint density at radius 3 is 2.40 bits per heavy atom. The fourth-order valence-corrected chi connectivity index (χ4v) is 3.60. The number of aromatic nitrogens is 1. The number of aryl methyl sites for hydroxylation is 1. The molecule has 1 heterocycles. The smallest absolute Gasteiger partial charge is 0.123 e. The van der Waals surface area contributed by atoms with E-state index in [2.05, 4.69) is 45.0 Å². The van der Waals surface area contributed by atoms with Crippen molar-refractivity contribution in [2.45, 2.75) is 51.5 Å². The van der Waals surface area contributed by atoms with Crippen LogP contribution in [0.15, 0.2) is 24.3 Å². The van der Waals surface area contributed by atoms with E-state index in [-0.39, 0.29) is 5.54 Å². The average molecular weight is 286 g/mol.